The lowest BCUT2D eigenvalue weighted by atomic mass is 10.2. The molecule has 0 amide bonds. The molecule has 0 unspecified atom stereocenters. The van der Waals surface area contributed by atoms with Gasteiger partial charge in [-0.1, -0.05) is 19.1 Å². The molecule has 0 aliphatic heterocycles. The average Bonchev–Trinajstić information content (AvgIpc) is 2.34. The van der Waals surface area contributed by atoms with Crippen LogP contribution in [0.3, 0.4) is 0 Å². The molecule has 0 bridgehead atoms. The van der Waals surface area contributed by atoms with Crippen LogP contribution < -0.4 is 10.4 Å². The van der Waals surface area contributed by atoms with Crippen molar-refractivity contribution < 1.29 is 9.15 Å². The third-order valence-electron chi connectivity index (χ3n) is 2.34. The molecule has 17 heavy (non-hydrogen) atoms. The lowest BCUT2D eigenvalue weighted by Gasteiger charge is -2.03. The van der Waals surface area contributed by atoms with Crippen molar-refractivity contribution in [3.8, 4) is 5.75 Å². The standard InChI is InChI=1S/C14H14O3/c1-2-3-4-9-16-12-7-5-11-6-8-14(15)17-13(11)10-12/h3-8,10H,2,9H2,1H3/b4-3+. The Balaban J connectivity index is 2.19. The lowest BCUT2D eigenvalue weighted by molar-refractivity contribution is 0.362. The lowest BCUT2D eigenvalue weighted by Crippen LogP contribution is -1.96. The maximum Gasteiger partial charge on any atom is 0.336 e. The largest absolute Gasteiger partial charge is 0.489 e. The molecule has 1 aromatic heterocycles. The van der Waals surface area contributed by atoms with E-state index in [2.05, 4.69) is 6.92 Å². The van der Waals surface area contributed by atoms with E-state index in [-0.39, 0.29) is 5.63 Å². The van der Waals surface area contributed by atoms with Crippen molar-refractivity contribution in [1.29, 1.82) is 0 Å². The van der Waals surface area contributed by atoms with Crippen LogP contribution >= 0.6 is 0 Å². The van der Waals surface area contributed by atoms with Crippen molar-refractivity contribution in [3.05, 3.63) is 52.9 Å². The van der Waals surface area contributed by atoms with Crippen LogP contribution in [0.15, 0.2) is 51.7 Å². The number of benzene rings is 1. The number of hydrogen-bond donors (Lipinski definition) is 0. The fourth-order valence-electron chi connectivity index (χ4n) is 1.51. The van der Waals surface area contributed by atoms with Crippen LogP contribution in [-0.2, 0) is 0 Å². The molecule has 1 heterocycles. The van der Waals surface area contributed by atoms with Gasteiger partial charge in [-0.25, -0.2) is 4.79 Å². The minimum atomic E-state index is -0.347. The number of fused-ring (bicyclic) bond motifs is 1. The first-order valence-corrected chi connectivity index (χ1v) is 5.61. The summed E-state index contributed by atoms with van der Waals surface area (Å²) in [6.07, 6.45) is 5.00. The van der Waals surface area contributed by atoms with Gasteiger partial charge in [-0.3, -0.25) is 0 Å². The molecule has 2 aromatic rings. The van der Waals surface area contributed by atoms with Gasteiger partial charge in [0.25, 0.3) is 0 Å². The van der Waals surface area contributed by atoms with Crippen molar-refractivity contribution in [2.45, 2.75) is 13.3 Å². The molecule has 1 aromatic carbocycles. The van der Waals surface area contributed by atoms with Gasteiger partial charge >= 0.3 is 5.63 Å². The average molecular weight is 230 g/mol. The summed E-state index contributed by atoms with van der Waals surface area (Å²) in [6.45, 7) is 2.59. The molecule has 0 saturated carbocycles. The monoisotopic (exact) mass is 230 g/mol. The predicted molar refractivity (Wildman–Crippen MR) is 67.4 cm³/mol. The Kier molecular flexibility index (Phi) is 3.60. The van der Waals surface area contributed by atoms with Crippen LogP contribution in [-0.4, -0.2) is 6.61 Å². The second kappa shape index (κ2) is 5.34. The fourth-order valence-corrected chi connectivity index (χ4v) is 1.51. The Morgan fingerprint density at radius 1 is 1.24 bits per heavy atom. The summed E-state index contributed by atoms with van der Waals surface area (Å²) in [5.74, 6) is 0.701. The highest BCUT2D eigenvalue weighted by Crippen LogP contribution is 2.19. The molecule has 3 nitrogen and oxygen atoms in total. The van der Waals surface area contributed by atoms with E-state index in [1.807, 2.05) is 24.3 Å². The summed E-state index contributed by atoms with van der Waals surface area (Å²) in [7, 11) is 0. The van der Waals surface area contributed by atoms with E-state index in [0.717, 1.165) is 11.8 Å². The molecule has 0 fully saturated rings. The van der Waals surface area contributed by atoms with E-state index in [4.69, 9.17) is 9.15 Å². The van der Waals surface area contributed by atoms with Gasteiger partial charge in [0.15, 0.2) is 0 Å². The Bertz CT molecular complexity index is 581. The minimum absolute atomic E-state index is 0.347. The molecule has 2 rings (SSSR count). The minimum Gasteiger partial charge on any atom is -0.489 e. The first kappa shape index (κ1) is 11.5. The topological polar surface area (TPSA) is 39.4 Å². The number of rotatable bonds is 4. The van der Waals surface area contributed by atoms with Gasteiger partial charge in [0.05, 0.1) is 0 Å². The van der Waals surface area contributed by atoms with Gasteiger partial charge in [0.2, 0.25) is 0 Å². The normalized spacial score (nSPS) is 11.1. The quantitative estimate of drug-likeness (QED) is 0.598. The van der Waals surface area contributed by atoms with E-state index in [1.165, 1.54) is 6.07 Å². The van der Waals surface area contributed by atoms with E-state index in [0.29, 0.717) is 17.9 Å². The van der Waals surface area contributed by atoms with Crippen molar-refractivity contribution in [2.75, 3.05) is 6.61 Å². The Morgan fingerprint density at radius 2 is 2.06 bits per heavy atom. The van der Waals surface area contributed by atoms with Crippen LogP contribution in [0.25, 0.3) is 11.0 Å². The second-order valence-corrected chi connectivity index (χ2v) is 3.64. The van der Waals surface area contributed by atoms with E-state index >= 15 is 0 Å². The first-order chi connectivity index (χ1) is 8.29. The molecule has 0 aliphatic carbocycles. The third kappa shape index (κ3) is 2.97. The maximum absolute atomic E-state index is 11.1. The first-order valence-electron chi connectivity index (χ1n) is 5.61. The molecule has 3 heteroatoms. The predicted octanol–water partition coefficient (Wildman–Crippen LogP) is 3.14. The van der Waals surface area contributed by atoms with Gasteiger partial charge in [-0.15, -0.1) is 0 Å². The molecule has 0 aliphatic rings. The maximum atomic E-state index is 11.1. The Hall–Kier alpha value is -2.03. The zero-order valence-corrected chi connectivity index (χ0v) is 9.68. The van der Waals surface area contributed by atoms with Crippen LogP contribution in [0.2, 0.25) is 0 Å². The molecule has 88 valence electrons. The highest BCUT2D eigenvalue weighted by Gasteiger charge is 1.99. The van der Waals surface area contributed by atoms with E-state index in [9.17, 15) is 4.79 Å². The number of allylic oxidation sites excluding steroid dienone is 1. The van der Waals surface area contributed by atoms with Crippen molar-refractivity contribution in [3.63, 3.8) is 0 Å². The zero-order chi connectivity index (χ0) is 12.1. The Morgan fingerprint density at radius 3 is 2.88 bits per heavy atom. The van der Waals surface area contributed by atoms with Crippen LogP contribution in [0.1, 0.15) is 13.3 Å². The van der Waals surface area contributed by atoms with Crippen LogP contribution in [0, 0.1) is 0 Å². The second-order valence-electron chi connectivity index (χ2n) is 3.64. The van der Waals surface area contributed by atoms with Crippen molar-refractivity contribution in [1.82, 2.24) is 0 Å². The summed E-state index contributed by atoms with van der Waals surface area (Å²) in [4.78, 5) is 11.1. The molecule has 0 atom stereocenters. The summed E-state index contributed by atoms with van der Waals surface area (Å²) in [5.41, 5.74) is 0.204. The van der Waals surface area contributed by atoms with Crippen molar-refractivity contribution in [2.24, 2.45) is 0 Å². The van der Waals surface area contributed by atoms with E-state index in [1.54, 1.807) is 12.1 Å². The van der Waals surface area contributed by atoms with E-state index < -0.39 is 0 Å². The van der Waals surface area contributed by atoms with Gasteiger partial charge < -0.3 is 9.15 Å². The van der Waals surface area contributed by atoms with Gasteiger partial charge in [0, 0.05) is 17.5 Å². The van der Waals surface area contributed by atoms with Gasteiger partial charge in [0.1, 0.15) is 17.9 Å². The number of ether oxygens (including phenoxy) is 1. The highest BCUT2D eigenvalue weighted by atomic mass is 16.5. The van der Waals surface area contributed by atoms with Crippen molar-refractivity contribution >= 4 is 11.0 Å². The zero-order valence-electron chi connectivity index (χ0n) is 9.68. The third-order valence-corrected chi connectivity index (χ3v) is 2.34. The summed E-state index contributed by atoms with van der Waals surface area (Å²) < 4.78 is 10.6. The van der Waals surface area contributed by atoms with Gasteiger partial charge in [-0.2, -0.15) is 0 Å². The summed E-state index contributed by atoms with van der Waals surface area (Å²) in [6, 6.07) is 8.62. The Labute approximate surface area is 99.3 Å². The molecule has 0 saturated heterocycles. The molecular weight excluding hydrogens is 216 g/mol. The SMILES string of the molecule is CC/C=C/COc1ccc2ccc(=O)oc2c1. The fraction of sp³-hybridized carbons (Fsp3) is 0.214. The van der Waals surface area contributed by atoms with Gasteiger partial charge in [-0.05, 0) is 24.6 Å². The molecule has 0 radical (unpaired) electrons. The molecule has 0 spiro atoms. The highest BCUT2D eigenvalue weighted by molar-refractivity contribution is 5.77. The van der Waals surface area contributed by atoms with Crippen LogP contribution in [0.5, 0.6) is 5.75 Å². The molecular formula is C14H14O3. The summed E-state index contributed by atoms with van der Waals surface area (Å²) >= 11 is 0. The summed E-state index contributed by atoms with van der Waals surface area (Å²) in [5, 5.41) is 0.890. The van der Waals surface area contributed by atoms with Crippen LogP contribution in [0.4, 0.5) is 0 Å². The smallest absolute Gasteiger partial charge is 0.336 e. The molecule has 0 N–H and O–H groups in total. The number of hydrogen-bond acceptors (Lipinski definition) is 3.